The molecule has 1 fully saturated rings. The van der Waals surface area contributed by atoms with Crippen LogP contribution in [0.1, 0.15) is 0 Å². The topological polar surface area (TPSA) is 69.7 Å². The first kappa shape index (κ1) is 16.4. The Hall–Kier alpha value is -0.630. The summed E-state index contributed by atoms with van der Waals surface area (Å²) in [4.78, 5) is 13.4. The Labute approximate surface area is 119 Å². The number of hydrogen-bond acceptors (Lipinski definition) is 4. The molecule has 1 aliphatic rings. The number of halogens is 1. The van der Waals surface area contributed by atoms with Crippen LogP contribution in [0.3, 0.4) is 0 Å². The molecule has 0 spiro atoms. The number of rotatable bonds is 7. The fourth-order valence-corrected chi connectivity index (χ4v) is 3.60. The van der Waals surface area contributed by atoms with Crippen LogP contribution in [-0.2, 0) is 14.8 Å². The fraction of sp³-hybridized carbons (Fsp3) is 0.727. The predicted octanol–water partition coefficient (Wildman–Crippen LogP) is -0.525. The fourth-order valence-electron chi connectivity index (χ4n) is 1.84. The molecule has 0 aliphatic carbocycles. The van der Waals surface area contributed by atoms with Crippen molar-refractivity contribution in [2.45, 2.75) is 0 Å². The molecule has 8 heteroatoms. The van der Waals surface area contributed by atoms with Gasteiger partial charge in [-0.2, -0.15) is 4.31 Å². The van der Waals surface area contributed by atoms with Crippen LogP contribution in [0.15, 0.2) is 12.7 Å². The van der Waals surface area contributed by atoms with Gasteiger partial charge < -0.3 is 5.32 Å². The number of nitrogens with one attached hydrogen (secondary N) is 1. The predicted molar refractivity (Wildman–Crippen MR) is 75.7 cm³/mol. The standard InChI is InChI=1S/C11H20ClN3O3S/c1-2-4-13-11(16)10-14-5-7-15(8-6-14)19(17,18)9-3-12/h2H,1,3-10H2,(H,13,16). The third-order valence-electron chi connectivity index (χ3n) is 2.87. The van der Waals surface area contributed by atoms with Gasteiger partial charge in [-0.1, -0.05) is 6.08 Å². The highest BCUT2D eigenvalue weighted by molar-refractivity contribution is 7.89. The lowest BCUT2D eigenvalue weighted by Gasteiger charge is -2.33. The molecule has 1 N–H and O–H groups in total. The van der Waals surface area contributed by atoms with Gasteiger partial charge in [0.05, 0.1) is 12.3 Å². The Bertz CT molecular complexity index is 405. The molecule has 0 aromatic rings. The monoisotopic (exact) mass is 309 g/mol. The number of nitrogens with zero attached hydrogens (tertiary/aromatic N) is 2. The quantitative estimate of drug-likeness (QED) is 0.507. The summed E-state index contributed by atoms with van der Waals surface area (Å²) >= 11 is 5.47. The first-order valence-electron chi connectivity index (χ1n) is 6.13. The normalized spacial score (nSPS) is 18.2. The van der Waals surface area contributed by atoms with Crippen molar-refractivity contribution in [3.05, 3.63) is 12.7 Å². The SMILES string of the molecule is C=CCNC(=O)CN1CCN(S(=O)(=O)CCCl)CC1. The molecule has 0 aromatic heterocycles. The number of carbonyl (C=O) groups excluding carboxylic acids is 1. The average molecular weight is 310 g/mol. The highest BCUT2D eigenvalue weighted by atomic mass is 35.5. The second kappa shape index (κ2) is 7.84. The molecule has 1 rings (SSSR count). The molecule has 1 amide bonds. The van der Waals surface area contributed by atoms with Crippen LogP contribution in [0.2, 0.25) is 0 Å². The van der Waals surface area contributed by atoms with E-state index in [0.717, 1.165) is 0 Å². The number of piperazine rings is 1. The lowest BCUT2D eigenvalue weighted by molar-refractivity contribution is -0.122. The van der Waals surface area contributed by atoms with E-state index in [-0.39, 0.29) is 24.1 Å². The first-order chi connectivity index (χ1) is 8.99. The Kier molecular flexibility index (Phi) is 6.78. The molecule has 0 radical (unpaired) electrons. The van der Waals surface area contributed by atoms with E-state index >= 15 is 0 Å². The van der Waals surface area contributed by atoms with E-state index < -0.39 is 10.0 Å². The first-order valence-corrected chi connectivity index (χ1v) is 8.27. The zero-order valence-corrected chi connectivity index (χ0v) is 12.4. The lowest BCUT2D eigenvalue weighted by atomic mass is 10.3. The van der Waals surface area contributed by atoms with Crippen molar-refractivity contribution in [1.82, 2.24) is 14.5 Å². The minimum Gasteiger partial charge on any atom is -0.352 e. The van der Waals surface area contributed by atoms with Gasteiger partial charge in [0.25, 0.3) is 0 Å². The molecule has 19 heavy (non-hydrogen) atoms. The van der Waals surface area contributed by atoms with Crippen molar-refractivity contribution in [3.63, 3.8) is 0 Å². The van der Waals surface area contributed by atoms with Crippen molar-refractivity contribution in [1.29, 1.82) is 0 Å². The van der Waals surface area contributed by atoms with Crippen LogP contribution in [0.25, 0.3) is 0 Å². The summed E-state index contributed by atoms with van der Waals surface area (Å²) in [6.07, 6.45) is 1.62. The second-order valence-electron chi connectivity index (χ2n) is 4.27. The van der Waals surface area contributed by atoms with E-state index in [4.69, 9.17) is 11.6 Å². The van der Waals surface area contributed by atoms with Gasteiger partial charge in [0.2, 0.25) is 15.9 Å². The molecular formula is C11H20ClN3O3S. The van der Waals surface area contributed by atoms with Crippen molar-refractivity contribution >= 4 is 27.5 Å². The number of sulfonamides is 1. The molecule has 0 atom stereocenters. The van der Waals surface area contributed by atoms with Crippen LogP contribution in [-0.4, -0.2) is 74.4 Å². The van der Waals surface area contributed by atoms with E-state index in [2.05, 4.69) is 11.9 Å². The molecule has 1 saturated heterocycles. The van der Waals surface area contributed by atoms with Gasteiger partial charge in [-0.05, 0) is 0 Å². The molecule has 1 heterocycles. The van der Waals surface area contributed by atoms with E-state index in [0.29, 0.717) is 32.7 Å². The van der Waals surface area contributed by atoms with Crippen LogP contribution in [0, 0.1) is 0 Å². The van der Waals surface area contributed by atoms with Crippen molar-refractivity contribution in [2.75, 3.05) is 50.9 Å². The number of alkyl halides is 1. The van der Waals surface area contributed by atoms with Gasteiger partial charge in [0.1, 0.15) is 0 Å². The molecule has 0 bridgehead atoms. The number of amides is 1. The van der Waals surface area contributed by atoms with Crippen LogP contribution < -0.4 is 5.32 Å². The molecule has 1 aliphatic heterocycles. The maximum atomic E-state index is 11.8. The summed E-state index contributed by atoms with van der Waals surface area (Å²) in [5.74, 6) is -0.00193. The number of carbonyl (C=O) groups is 1. The van der Waals surface area contributed by atoms with Gasteiger partial charge in [-0.15, -0.1) is 18.2 Å². The highest BCUT2D eigenvalue weighted by Gasteiger charge is 2.26. The van der Waals surface area contributed by atoms with Gasteiger partial charge in [-0.25, -0.2) is 8.42 Å². The Balaban J connectivity index is 2.37. The van der Waals surface area contributed by atoms with Crippen LogP contribution >= 0.6 is 11.6 Å². The third kappa shape index (κ3) is 5.48. The maximum absolute atomic E-state index is 11.8. The lowest BCUT2D eigenvalue weighted by Crippen LogP contribution is -2.51. The summed E-state index contributed by atoms with van der Waals surface area (Å²) in [5.41, 5.74) is 0. The van der Waals surface area contributed by atoms with Gasteiger partial charge in [-0.3, -0.25) is 9.69 Å². The highest BCUT2D eigenvalue weighted by Crippen LogP contribution is 2.08. The molecule has 0 saturated carbocycles. The second-order valence-corrected chi connectivity index (χ2v) is 6.74. The van der Waals surface area contributed by atoms with Gasteiger partial charge in [0, 0.05) is 38.6 Å². The van der Waals surface area contributed by atoms with Crippen LogP contribution in [0.5, 0.6) is 0 Å². The van der Waals surface area contributed by atoms with Crippen molar-refractivity contribution in [2.24, 2.45) is 0 Å². The summed E-state index contributed by atoms with van der Waals surface area (Å²) < 4.78 is 25.0. The smallest absolute Gasteiger partial charge is 0.234 e. The molecular weight excluding hydrogens is 290 g/mol. The number of hydrogen-bond donors (Lipinski definition) is 1. The van der Waals surface area contributed by atoms with E-state index in [1.165, 1.54) is 4.31 Å². The average Bonchev–Trinajstić information content (AvgIpc) is 2.37. The van der Waals surface area contributed by atoms with E-state index in [1.807, 2.05) is 4.90 Å². The molecule has 0 aromatic carbocycles. The van der Waals surface area contributed by atoms with Crippen molar-refractivity contribution in [3.8, 4) is 0 Å². The minimum absolute atomic E-state index is 0.0334. The van der Waals surface area contributed by atoms with E-state index in [9.17, 15) is 13.2 Å². The molecule has 6 nitrogen and oxygen atoms in total. The minimum atomic E-state index is -3.24. The largest absolute Gasteiger partial charge is 0.352 e. The Morgan fingerprint density at radius 1 is 1.32 bits per heavy atom. The summed E-state index contributed by atoms with van der Waals surface area (Å²) in [6, 6.07) is 0. The zero-order chi connectivity index (χ0) is 14.3. The van der Waals surface area contributed by atoms with Crippen LogP contribution in [0.4, 0.5) is 0 Å². The summed E-state index contributed by atoms with van der Waals surface area (Å²) in [7, 11) is -3.24. The molecule has 0 unspecified atom stereocenters. The summed E-state index contributed by atoms with van der Waals surface area (Å²) in [6.45, 7) is 6.20. The van der Waals surface area contributed by atoms with Crippen molar-refractivity contribution < 1.29 is 13.2 Å². The van der Waals surface area contributed by atoms with Gasteiger partial charge >= 0.3 is 0 Å². The Morgan fingerprint density at radius 3 is 2.47 bits per heavy atom. The van der Waals surface area contributed by atoms with Gasteiger partial charge in [0.15, 0.2) is 0 Å². The molecule has 110 valence electrons. The Morgan fingerprint density at radius 2 is 1.95 bits per heavy atom. The summed E-state index contributed by atoms with van der Waals surface area (Å²) in [5, 5.41) is 2.69. The third-order valence-corrected chi connectivity index (χ3v) is 5.16. The maximum Gasteiger partial charge on any atom is 0.234 e. The zero-order valence-electron chi connectivity index (χ0n) is 10.8. The van der Waals surface area contributed by atoms with E-state index in [1.54, 1.807) is 6.08 Å².